The van der Waals surface area contributed by atoms with Crippen LogP contribution in [0.4, 0.5) is 10.6 Å². The van der Waals surface area contributed by atoms with E-state index in [1.165, 1.54) is 18.6 Å². The van der Waals surface area contributed by atoms with Crippen molar-refractivity contribution in [3.05, 3.63) is 48.4 Å². The summed E-state index contributed by atoms with van der Waals surface area (Å²) in [5.74, 6) is 0.640. The Morgan fingerprint density at radius 1 is 1.21 bits per heavy atom. The van der Waals surface area contributed by atoms with Crippen LogP contribution in [0.2, 0.25) is 0 Å². The Balaban J connectivity index is 1.74. The van der Waals surface area contributed by atoms with E-state index in [9.17, 15) is 4.79 Å². The number of anilines is 1. The molecule has 0 saturated carbocycles. The zero-order valence-electron chi connectivity index (χ0n) is 10.2. The van der Waals surface area contributed by atoms with Gasteiger partial charge in [0.25, 0.3) is 0 Å². The van der Waals surface area contributed by atoms with E-state index in [-0.39, 0.29) is 11.8 Å². The maximum Gasteiger partial charge on any atom is 0.320 e. The Kier molecular flexibility index (Phi) is 4.28. The molecule has 0 saturated heterocycles. The zero-order valence-corrected chi connectivity index (χ0v) is 10.2. The third kappa shape index (κ3) is 4.27. The standard InChI is InChI=1S/C13H14N4O2/c18-11-3-1-10(2-4-11)5-6-16-13(19)17-12-9-14-7-8-15-12/h1-4,7-9,18H,5-6H2,(H2,15,16,17,19). The lowest BCUT2D eigenvalue weighted by Gasteiger charge is -2.06. The molecule has 1 aromatic heterocycles. The lowest BCUT2D eigenvalue weighted by Crippen LogP contribution is -2.30. The predicted octanol–water partition coefficient (Wildman–Crippen LogP) is 1.55. The number of benzene rings is 1. The van der Waals surface area contributed by atoms with E-state index < -0.39 is 0 Å². The molecule has 1 heterocycles. The summed E-state index contributed by atoms with van der Waals surface area (Å²) in [5, 5.41) is 14.4. The molecule has 2 amide bonds. The van der Waals surface area contributed by atoms with Crippen molar-refractivity contribution in [2.75, 3.05) is 11.9 Å². The van der Waals surface area contributed by atoms with Crippen LogP contribution in [0.5, 0.6) is 5.75 Å². The van der Waals surface area contributed by atoms with E-state index in [2.05, 4.69) is 20.6 Å². The smallest absolute Gasteiger partial charge is 0.320 e. The molecule has 0 bridgehead atoms. The maximum atomic E-state index is 11.5. The van der Waals surface area contributed by atoms with Crippen molar-refractivity contribution in [2.45, 2.75) is 6.42 Å². The van der Waals surface area contributed by atoms with Gasteiger partial charge in [0.15, 0.2) is 5.82 Å². The Hall–Kier alpha value is -2.63. The maximum absolute atomic E-state index is 11.5. The first-order valence-corrected chi connectivity index (χ1v) is 5.83. The van der Waals surface area contributed by atoms with Crippen molar-refractivity contribution in [3.63, 3.8) is 0 Å². The van der Waals surface area contributed by atoms with Crippen LogP contribution in [-0.4, -0.2) is 27.7 Å². The minimum absolute atomic E-state index is 0.233. The quantitative estimate of drug-likeness (QED) is 0.776. The SMILES string of the molecule is O=C(NCCc1ccc(O)cc1)Nc1cnccn1. The molecule has 0 spiro atoms. The van der Waals surface area contributed by atoms with Gasteiger partial charge in [-0.1, -0.05) is 12.1 Å². The molecular formula is C13H14N4O2. The number of phenols is 1. The summed E-state index contributed by atoms with van der Waals surface area (Å²) in [6.45, 7) is 0.497. The molecule has 0 fully saturated rings. The van der Waals surface area contributed by atoms with Crippen molar-refractivity contribution in [3.8, 4) is 5.75 Å². The van der Waals surface area contributed by atoms with Crippen molar-refractivity contribution in [1.82, 2.24) is 15.3 Å². The van der Waals surface area contributed by atoms with E-state index in [1.54, 1.807) is 12.1 Å². The number of hydrogen-bond donors (Lipinski definition) is 3. The minimum atomic E-state index is -0.320. The highest BCUT2D eigenvalue weighted by Crippen LogP contribution is 2.09. The number of aromatic nitrogens is 2. The Morgan fingerprint density at radius 2 is 2.00 bits per heavy atom. The fraction of sp³-hybridized carbons (Fsp3) is 0.154. The van der Waals surface area contributed by atoms with Crippen molar-refractivity contribution in [1.29, 1.82) is 0 Å². The van der Waals surface area contributed by atoms with Crippen LogP contribution in [0.15, 0.2) is 42.9 Å². The molecule has 0 radical (unpaired) electrons. The van der Waals surface area contributed by atoms with Crippen LogP contribution < -0.4 is 10.6 Å². The molecule has 19 heavy (non-hydrogen) atoms. The molecule has 0 aliphatic heterocycles. The van der Waals surface area contributed by atoms with Gasteiger partial charge in [0, 0.05) is 18.9 Å². The fourth-order valence-corrected chi connectivity index (χ4v) is 1.51. The van der Waals surface area contributed by atoms with Crippen molar-refractivity contribution < 1.29 is 9.90 Å². The molecule has 0 aliphatic carbocycles. The largest absolute Gasteiger partial charge is 0.508 e. The molecule has 2 rings (SSSR count). The van der Waals surface area contributed by atoms with Gasteiger partial charge in [-0.15, -0.1) is 0 Å². The number of carbonyl (C=O) groups is 1. The highest BCUT2D eigenvalue weighted by molar-refractivity contribution is 5.87. The van der Waals surface area contributed by atoms with E-state index in [1.807, 2.05) is 12.1 Å². The van der Waals surface area contributed by atoms with Crippen LogP contribution in [0, 0.1) is 0 Å². The topological polar surface area (TPSA) is 87.1 Å². The highest BCUT2D eigenvalue weighted by Gasteiger charge is 2.01. The van der Waals surface area contributed by atoms with E-state index in [0.29, 0.717) is 18.8 Å². The van der Waals surface area contributed by atoms with Crippen LogP contribution in [-0.2, 0) is 6.42 Å². The monoisotopic (exact) mass is 258 g/mol. The molecule has 0 atom stereocenters. The summed E-state index contributed by atoms with van der Waals surface area (Å²) in [6.07, 6.45) is 5.20. The Labute approximate surface area is 110 Å². The van der Waals surface area contributed by atoms with Gasteiger partial charge in [0.1, 0.15) is 5.75 Å². The minimum Gasteiger partial charge on any atom is -0.508 e. The summed E-state index contributed by atoms with van der Waals surface area (Å²) in [4.78, 5) is 19.3. The van der Waals surface area contributed by atoms with Crippen molar-refractivity contribution >= 4 is 11.8 Å². The van der Waals surface area contributed by atoms with Gasteiger partial charge in [-0.25, -0.2) is 9.78 Å². The summed E-state index contributed by atoms with van der Waals surface area (Å²) < 4.78 is 0. The van der Waals surface area contributed by atoms with Gasteiger partial charge in [-0.3, -0.25) is 10.3 Å². The number of phenolic OH excluding ortho intramolecular Hbond substituents is 1. The third-order valence-electron chi connectivity index (χ3n) is 2.44. The highest BCUT2D eigenvalue weighted by atomic mass is 16.3. The molecule has 98 valence electrons. The van der Waals surface area contributed by atoms with Gasteiger partial charge in [-0.2, -0.15) is 0 Å². The normalized spacial score (nSPS) is 9.89. The average molecular weight is 258 g/mol. The number of nitrogens with zero attached hydrogens (tertiary/aromatic N) is 2. The van der Waals surface area contributed by atoms with Gasteiger partial charge in [-0.05, 0) is 24.1 Å². The molecular weight excluding hydrogens is 244 g/mol. The number of urea groups is 1. The van der Waals surface area contributed by atoms with Crippen LogP contribution >= 0.6 is 0 Å². The molecule has 0 aliphatic rings. The van der Waals surface area contributed by atoms with Gasteiger partial charge in [0.05, 0.1) is 6.20 Å². The molecule has 3 N–H and O–H groups in total. The van der Waals surface area contributed by atoms with Crippen LogP contribution in [0.3, 0.4) is 0 Å². The summed E-state index contributed by atoms with van der Waals surface area (Å²) in [6, 6.07) is 6.55. The van der Waals surface area contributed by atoms with E-state index in [4.69, 9.17) is 5.11 Å². The summed E-state index contributed by atoms with van der Waals surface area (Å²) >= 11 is 0. The summed E-state index contributed by atoms with van der Waals surface area (Å²) in [7, 11) is 0. The second-order valence-corrected chi connectivity index (χ2v) is 3.89. The number of aromatic hydroxyl groups is 1. The second kappa shape index (κ2) is 6.34. The van der Waals surface area contributed by atoms with Gasteiger partial charge < -0.3 is 10.4 Å². The van der Waals surface area contributed by atoms with Crippen molar-refractivity contribution in [2.24, 2.45) is 0 Å². The molecule has 1 aromatic carbocycles. The number of carbonyl (C=O) groups excluding carboxylic acids is 1. The molecule has 0 unspecified atom stereocenters. The molecule has 6 nitrogen and oxygen atoms in total. The van der Waals surface area contributed by atoms with Gasteiger partial charge >= 0.3 is 6.03 Å². The number of amides is 2. The van der Waals surface area contributed by atoms with Crippen LogP contribution in [0.25, 0.3) is 0 Å². The van der Waals surface area contributed by atoms with Gasteiger partial charge in [0.2, 0.25) is 0 Å². The third-order valence-corrected chi connectivity index (χ3v) is 2.44. The van der Waals surface area contributed by atoms with E-state index in [0.717, 1.165) is 5.56 Å². The first-order chi connectivity index (χ1) is 9.24. The summed E-state index contributed by atoms with van der Waals surface area (Å²) in [5.41, 5.74) is 1.04. The molecule has 2 aromatic rings. The first kappa shape index (κ1) is 12.8. The second-order valence-electron chi connectivity index (χ2n) is 3.89. The zero-order chi connectivity index (χ0) is 13.5. The number of nitrogens with one attached hydrogen (secondary N) is 2. The van der Waals surface area contributed by atoms with Crippen LogP contribution in [0.1, 0.15) is 5.56 Å². The molecule has 6 heteroatoms. The Bertz CT molecular complexity index is 528. The lowest BCUT2D eigenvalue weighted by atomic mass is 10.1. The number of hydrogen-bond acceptors (Lipinski definition) is 4. The van der Waals surface area contributed by atoms with E-state index >= 15 is 0 Å². The first-order valence-electron chi connectivity index (χ1n) is 5.83. The fourth-order valence-electron chi connectivity index (χ4n) is 1.51. The number of rotatable bonds is 4. The average Bonchev–Trinajstić information content (AvgIpc) is 2.42. The Morgan fingerprint density at radius 3 is 2.68 bits per heavy atom. The lowest BCUT2D eigenvalue weighted by molar-refractivity contribution is 0.252. The predicted molar refractivity (Wildman–Crippen MR) is 70.9 cm³/mol.